The normalized spacial score (nSPS) is 11.6. The van der Waals surface area contributed by atoms with Crippen LogP contribution in [0.25, 0.3) is 0 Å². The maximum Gasteiger partial charge on any atom is 0.406 e. The number of aryl methyl sites for hydroxylation is 1. The Hall–Kier alpha value is -1.90. The standard InChI is InChI=1S/C11H10F3N3O2S/c1-7-9(20-6-16-7)10(18)19-4-8-15-2-3-17(8)5-11(12,13)14/h2-3,6H,4-5H2,1H3. The quantitative estimate of drug-likeness (QED) is 0.815. The number of esters is 1. The van der Waals surface area contributed by atoms with Crippen molar-refractivity contribution >= 4 is 17.3 Å². The summed E-state index contributed by atoms with van der Waals surface area (Å²) in [6.45, 7) is 0.163. The maximum absolute atomic E-state index is 12.3. The predicted molar refractivity (Wildman–Crippen MR) is 64.3 cm³/mol. The van der Waals surface area contributed by atoms with Gasteiger partial charge in [-0.1, -0.05) is 0 Å². The van der Waals surface area contributed by atoms with E-state index in [4.69, 9.17) is 4.74 Å². The molecule has 0 spiro atoms. The number of ether oxygens (including phenoxy) is 1. The molecule has 0 saturated carbocycles. The summed E-state index contributed by atoms with van der Waals surface area (Å²) >= 11 is 1.12. The average molecular weight is 305 g/mol. The van der Waals surface area contributed by atoms with Crippen LogP contribution in [0.1, 0.15) is 21.2 Å². The van der Waals surface area contributed by atoms with E-state index in [9.17, 15) is 18.0 Å². The first kappa shape index (κ1) is 14.5. The van der Waals surface area contributed by atoms with Crippen LogP contribution in [0.2, 0.25) is 0 Å². The molecule has 0 amide bonds. The number of carbonyl (C=O) groups excluding carboxylic acids is 1. The van der Waals surface area contributed by atoms with Crippen LogP contribution in [0.15, 0.2) is 17.9 Å². The van der Waals surface area contributed by atoms with Gasteiger partial charge in [-0.3, -0.25) is 0 Å². The van der Waals surface area contributed by atoms with E-state index in [0.29, 0.717) is 10.6 Å². The molecular weight excluding hydrogens is 295 g/mol. The molecule has 2 aromatic heterocycles. The lowest BCUT2D eigenvalue weighted by Crippen LogP contribution is -2.19. The van der Waals surface area contributed by atoms with Crippen molar-refractivity contribution < 1.29 is 22.7 Å². The van der Waals surface area contributed by atoms with Crippen molar-refractivity contribution in [3.05, 3.63) is 34.3 Å². The second kappa shape index (κ2) is 5.61. The van der Waals surface area contributed by atoms with Crippen molar-refractivity contribution in [2.75, 3.05) is 0 Å². The van der Waals surface area contributed by atoms with Gasteiger partial charge in [0.15, 0.2) is 0 Å². The molecule has 2 rings (SSSR count). The summed E-state index contributed by atoms with van der Waals surface area (Å²) < 4.78 is 42.8. The first-order valence-corrected chi connectivity index (χ1v) is 6.39. The van der Waals surface area contributed by atoms with Gasteiger partial charge >= 0.3 is 12.1 Å². The fourth-order valence-corrected chi connectivity index (χ4v) is 2.21. The number of aromatic nitrogens is 3. The Morgan fingerprint density at radius 1 is 1.45 bits per heavy atom. The Balaban J connectivity index is 2.00. The number of nitrogens with zero attached hydrogens (tertiary/aromatic N) is 3. The first-order chi connectivity index (χ1) is 9.37. The summed E-state index contributed by atoms with van der Waals surface area (Å²) in [7, 11) is 0. The summed E-state index contributed by atoms with van der Waals surface area (Å²) in [5, 5.41) is 0. The van der Waals surface area contributed by atoms with Gasteiger partial charge in [0.05, 0.1) is 11.2 Å². The van der Waals surface area contributed by atoms with Gasteiger partial charge in [-0.25, -0.2) is 14.8 Å². The molecule has 0 fully saturated rings. The number of alkyl halides is 3. The smallest absolute Gasteiger partial charge is 0.406 e. The van der Waals surface area contributed by atoms with E-state index in [-0.39, 0.29) is 12.4 Å². The fraction of sp³-hybridized carbons (Fsp3) is 0.364. The van der Waals surface area contributed by atoms with Gasteiger partial charge in [0.2, 0.25) is 0 Å². The van der Waals surface area contributed by atoms with Crippen LogP contribution in [0.5, 0.6) is 0 Å². The molecule has 2 heterocycles. The van der Waals surface area contributed by atoms with Crippen LogP contribution in [0, 0.1) is 6.92 Å². The lowest BCUT2D eigenvalue weighted by molar-refractivity contribution is -0.141. The van der Waals surface area contributed by atoms with E-state index in [1.165, 1.54) is 17.9 Å². The molecule has 0 bridgehead atoms. The summed E-state index contributed by atoms with van der Waals surface area (Å²) in [6, 6.07) is 0. The highest BCUT2D eigenvalue weighted by Crippen LogP contribution is 2.19. The third-order valence-electron chi connectivity index (χ3n) is 2.41. The Kier molecular flexibility index (Phi) is 4.07. The monoisotopic (exact) mass is 305 g/mol. The zero-order valence-corrected chi connectivity index (χ0v) is 11.2. The summed E-state index contributed by atoms with van der Waals surface area (Å²) in [5.74, 6) is -0.579. The largest absolute Gasteiger partial charge is 0.453 e. The van der Waals surface area contributed by atoms with Crippen LogP contribution < -0.4 is 0 Å². The van der Waals surface area contributed by atoms with Crippen molar-refractivity contribution in [2.24, 2.45) is 0 Å². The molecule has 0 aliphatic rings. The minimum Gasteiger partial charge on any atom is -0.453 e. The third-order valence-corrected chi connectivity index (χ3v) is 3.32. The molecule has 0 unspecified atom stereocenters. The van der Waals surface area contributed by atoms with Crippen molar-refractivity contribution in [2.45, 2.75) is 26.3 Å². The number of thiazole rings is 1. The van der Waals surface area contributed by atoms with E-state index < -0.39 is 18.7 Å². The molecule has 9 heteroatoms. The highest BCUT2D eigenvalue weighted by Gasteiger charge is 2.29. The Bertz CT molecular complexity index is 606. The van der Waals surface area contributed by atoms with Crippen molar-refractivity contribution in [3.8, 4) is 0 Å². The zero-order chi connectivity index (χ0) is 14.8. The van der Waals surface area contributed by atoms with Crippen LogP contribution in [0.3, 0.4) is 0 Å². The molecule has 5 nitrogen and oxygen atoms in total. The highest BCUT2D eigenvalue weighted by atomic mass is 32.1. The predicted octanol–water partition coefficient (Wildman–Crippen LogP) is 2.57. The number of rotatable bonds is 4. The number of carbonyl (C=O) groups is 1. The number of hydrogen-bond acceptors (Lipinski definition) is 5. The molecule has 2 aromatic rings. The number of hydrogen-bond donors (Lipinski definition) is 0. The molecule has 0 aliphatic carbocycles. The number of halogens is 3. The van der Waals surface area contributed by atoms with Gasteiger partial charge < -0.3 is 9.30 Å². The summed E-state index contributed by atoms with van der Waals surface area (Å²) in [4.78, 5) is 19.7. The molecule has 0 atom stereocenters. The average Bonchev–Trinajstić information content (AvgIpc) is 2.93. The highest BCUT2D eigenvalue weighted by molar-refractivity contribution is 7.11. The van der Waals surface area contributed by atoms with E-state index in [1.807, 2.05) is 0 Å². The summed E-state index contributed by atoms with van der Waals surface area (Å²) in [5.41, 5.74) is 2.02. The zero-order valence-electron chi connectivity index (χ0n) is 10.3. The fourth-order valence-electron chi connectivity index (χ4n) is 1.51. The minimum atomic E-state index is -4.35. The Morgan fingerprint density at radius 2 is 2.20 bits per heavy atom. The molecule has 0 aromatic carbocycles. The third kappa shape index (κ3) is 3.56. The van der Waals surface area contributed by atoms with Crippen LogP contribution in [-0.2, 0) is 17.9 Å². The van der Waals surface area contributed by atoms with E-state index in [1.54, 1.807) is 6.92 Å². The van der Waals surface area contributed by atoms with E-state index in [2.05, 4.69) is 9.97 Å². The second-order valence-electron chi connectivity index (χ2n) is 3.93. The molecule has 20 heavy (non-hydrogen) atoms. The van der Waals surface area contributed by atoms with Gasteiger partial charge in [-0.2, -0.15) is 13.2 Å². The Morgan fingerprint density at radius 3 is 2.80 bits per heavy atom. The topological polar surface area (TPSA) is 57.0 Å². The second-order valence-corrected chi connectivity index (χ2v) is 4.78. The molecule has 0 aliphatic heterocycles. The maximum atomic E-state index is 12.3. The van der Waals surface area contributed by atoms with Crippen LogP contribution >= 0.6 is 11.3 Å². The van der Waals surface area contributed by atoms with Crippen LogP contribution in [0.4, 0.5) is 13.2 Å². The SMILES string of the molecule is Cc1ncsc1C(=O)OCc1nccn1CC(F)(F)F. The summed E-state index contributed by atoms with van der Waals surface area (Å²) in [6.07, 6.45) is -1.94. The molecule has 0 saturated heterocycles. The van der Waals surface area contributed by atoms with Crippen molar-refractivity contribution in [1.29, 1.82) is 0 Å². The van der Waals surface area contributed by atoms with Gasteiger partial charge in [-0.15, -0.1) is 11.3 Å². The van der Waals surface area contributed by atoms with Crippen molar-refractivity contribution in [1.82, 2.24) is 14.5 Å². The van der Waals surface area contributed by atoms with E-state index >= 15 is 0 Å². The van der Waals surface area contributed by atoms with Gasteiger partial charge in [0, 0.05) is 12.4 Å². The number of imidazole rings is 1. The lowest BCUT2D eigenvalue weighted by Gasteiger charge is -2.10. The van der Waals surface area contributed by atoms with Gasteiger partial charge in [0.25, 0.3) is 0 Å². The molecule has 0 radical (unpaired) electrons. The molecule has 0 N–H and O–H groups in total. The molecular formula is C11H10F3N3O2S. The van der Waals surface area contributed by atoms with Crippen LogP contribution in [-0.4, -0.2) is 26.7 Å². The Labute approximate surface area is 116 Å². The first-order valence-electron chi connectivity index (χ1n) is 5.51. The van der Waals surface area contributed by atoms with Gasteiger partial charge in [0.1, 0.15) is 23.9 Å². The minimum absolute atomic E-state index is 0.0397. The van der Waals surface area contributed by atoms with E-state index in [0.717, 1.165) is 15.9 Å². The molecule has 108 valence electrons. The van der Waals surface area contributed by atoms with Gasteiger partial charge in [-0.05, 0) is 6.92 Å². The van der Waals surface area contributed by atoms with Crippen molar-refractivity contribution in [3.63, 3.8) is 0 Å². The lowest BCUT2D eigenvalue weighted by atomic mass is 10.4.